The van der Waals surface area contributed by atoms with Gasteiger partial charge in [-0.15, -0.1) is 0 Å². The Hall–Kier alpha value is -3.26. The third-order valence-corrected chi connectivity index (χ3v) is 4.06. The number of hydrogen-bond donors (Lipinski definition) is 2. The van der Waals surface area contributed by atoms with Crippen molar-refractivity contribution in [3.8, 4) is 0 Å². The summed E-state index contributed by atoms with van der Waals surface area (Å²) in [5.41, 5.74) is 2.13. The lowest BCUT2D eigenvalue weighted by molar-refractivity contribution is -0.383. The van der Waals surface area contributed by atoms with Gasteiger partial charge in [0, 0.05) is 12.2 Å². The van der Waals surface area contributed by atoms with E-state index in [9.17, 15) is 14.5 Å². The summed E-state index contributed by atoms with van der Waals surface area (Å²) >= 11 is 5.75. The largest absolute Gasteiger partial charge is 0.360 e. The van der Waals surface area contributed by atoms with Gasteiger partial charge in [-0.2, -0.15) is 0 Å². The number of rotatable bonds is 6. The van der Waals surface area contributed by atoms with E-state index in [1.807, 2.05) is 31.2 Å². The summed E-state index contributed by atoms with van der Waals surface area (Å²) in [7, 11) is 0. The Bertz CT molecular complexity index is 982. The summed E-state index contributed by atoms with van der Waals surface area (Å²) in [5.74, 6) is -0.532. The van der Waals surface area contributed by atoms with Crippen LogP contribution in [0.15, 0.2) is 48.8 Å². The fourth-order valence-corrected chi connectivity index (χ4v) is 2.56. The van der Waals surface area contributed by atoms with Gasteiger partial charge < -0.3 is 10.6 Å². The molecule has 0 atom stereocenters. The summed E-state index contributed by atoms with van der Waals surface area (Å²) in [4.78, 5) is 18.9. The van der Waals surface area contributed by atoms with Crippen molar-refractivity contribution in [2.45, 2.75) is 13.5 Å². The molecule has 0 saturated carbocycles. The van der Waals surface area contributed by atoms with E-state index >= 15 is 0 Å². The van der Waals surface area contributed by atoms with Gasteiger partial charge in [0.05, 0.1) is 9.95 Å². The van der Waals surface area contributed by atoms with E-state index in [0.717, 1.165) is 17.2 Å². The van der Waals surface area contributed by atoms with Crippen LogP contribution in [0.4, 0.5) is 27.4 Å². The predicted molar refractivity (Wildman–Crippen MR) is 102 cm³/mol. The normalized spacial score (nSPS) is 10.5. The average molecular weight is 388 g/mol. The second-order valence-electron chi connectivity index (χ2n) is 5.77. The maximum Gasteiger partial charge on any atom is 0.353 e. The van der Waals surface area contributed by atoms with Crippen molar-refractivity contribution >= 4 is 34.6 Å². The topological polar surface area (TPSA) is 93.0 Å². The zero-order valence-corrected chi connectivity index (χ0v) is 15.0. The van der Waals surface area contributed by atoms with Crippen LogP contribution in [-0.2, 0) is 6.54 Å². The number of benzene rings is 2. The number of nitrogens with zero attached hydrogens (tertiary/aromatic N) is 3. The molecule has 1 heterocycles. The van der Waals surface area contributed by atoms with Gasteiger partial charge in [0.15, 0.2) is 0 Å². The number of nitro groups is 1. The van der Waals surface area contributed by atoms with Crippen molar-refractivity contribution < 1.29 is 9.31 Å². The van der Waals surface area contributed by atoms with Gasteiger partial charge in [0.1, 0.15) is 12.1 Å². The molecule has 0 spiro atoms. The molecular formula is C18H15ClFN5O2. The minimum Gasteiger partial charge on any atom is -0.360 e. The predicted octanol–water partition coefficient (Wildman–Crippen LogP) is 4.84. The SMILES string of the molecule is Cc1ccc(CNc2ncnc(Nc3ccc(F)c(Cl)c3)c2[N+](=O)[O-])cc1. The lowest BCUT2D eigenvalue weighted by Gasteiger charge is -2.10. The van der Waals surface area contributed by atoms with Gasteiger partial charge in [0.25, 0.3) is 0 Å². The molecule has 138 valence electrons. The number of halogens is 2. The first kappa shape index (κ1) is 18.5. The Morgan fingerprint density at radius 1 is 1.15 bits per heavy atom. The van der Waals surface area contributed by atoms with Gasteiger partial charge in [-0.05, 0) is 30.7 Å². The van der Waals surface area contributed by atoms with Crippen LogP contribution in [0.3, 0.4) is 0 Å². The Morgan fingerprint density at radius 2 is 1.85 bits per heavy atom. The first-order valence-electron chi connectivity index (χ1n) is 7.95. The molecule has 1 aromatic heterocycles. The molecular weight excluding hydrogens is 373 g/mol. The summed E-state index contributed by atoms with van der Waals surface area (Å²) in [5, 5.41) is 17.2. The monoisotopic (exact) mass is 387 g/mol. The van der Waals surface area contributed by atoms with Gasteiger partial charge in [0.2, 0.25) is 11.6 Å². The number of aryl methyl sites for hydroxylation is 1. The highest BCUT2D eigenvalue weighted by Crippen LogP contribution is 2.32. The van der Waals surface area contributed by atoms with Crippen molar-refractivity contribution in [1.82, 2.24) is 9.97 Å². The number of aromatic nitrogens is 2. The Kier molecular flexibility index (Phi) is 5.46. The lowest BCUT2D eigenvalue weighted by atomic mass is 10.1. The molecule has 7 nitrogen and oxygen atoms in total. The minimum atomic E-state index is -0.583. The third kappa shape index (κ3) is 4.48. The standard InChI is InChI=1S/C18H15ClFN5O2/c1-11-2-4-12(5-3-11)9-21-17-16(25(26)27)18(23-10-22-17)24-13-6-7-15(20)14(19)8-13/h2-8,10H,9H2,1H3,(H2,21,22,23,24). The van der Waals surface area contributed by atoms with Crippen molar-refractivity contribution in [3.63, 3.8) is 0 Å². The van der Waals surface area contributed by atoms with E-state index in [0.29, 0.717) is 12.2 Å². The van der Waals surface area contributed by atoms with Crippen LogP contribution >= 0.6 is 11.6 Å². The van der Waals surface area contributed by atoms with Crippen LogP contribution in [0.25, 0.3) is 0 Å². The summed E-state index contributed by atoms with van der Waals surface area (Å²) in [6.45, 7) is 2.34. The summed E-state index contributed by atoms with van der Waals surface area (Å²) in [6.07, 6.45) is 1.21. The van der Waals surface area contributed by atoms with E-state index in [4.69, 9.17) is 11.6 Å². The quantitative estimate of drug-likeness (QED) is 0.464. The molecule has 0 aliphatic heterocycles. The molecule has 2 N–H and O–H groups in total. The van der Waals surface area contributed by atoms with Crippen LogP contribution in [0.2, 0.25) is 5.02 Å². The second-order valence-corrected chi connectivity index (χ2v) is 6.18. The van der Waals surface area contributed by atoms with E-state index in [1.54, 1.807) is 0 Å². The molecule has 0 saturated heterocycles. The van der Waals surface area contributed by atoms with Crippen molar-refractivity contribution in [1.29, 1.82) is 0 Å². The first-order valence-corrected chi connectivity index (χ1v) is 8.32. The number of anilines is 3. The third-order valence-electron chi connectivity index (χ3n) is 3.77. The number of hydrogen-bond acceptors (Lipinski definition) is 6. The zero-order chi connectivity index (χ0) is 19.4. The average Bonchev–Trinajstić information content (AvgIpc) is 2.64. The molecule has 2 aromatic carbocycles. The Morgan fingerprint density at radius 3 is 2.52 bits per heavy atom. The molecule has 3 aromatic rings. The van der Waals surface area contributed by atoms with Crippen LogP contribution in [0.1, 0.15) is 11.1 Å². The molecule has 3 rings (SSSR count). The van der Waals surface area contributed by atoms with Crippen molar-refractivity contribution in [2.24, 2.45) is 0 Å². The van der Waals surface area contributed by atoms with Crippen LogP contribution < -0.4 is 10.6 Å². The van der Waals surface area contributed by atoms with E-state index in [2.05, 4.69) is 20.6 Å². The maximum atomic E-state index is 13.3. The first-order chi connectivity index (χ1) is 12.9. The Labute approximate surface area is 159 Å². The van der Waals surface area contributed by atoms with Gasteiger partial charge in [-0.3, -0.25) is 10.1 Å². The molecule has 0 unspecified atom stereocenters. The van der Waals surface area contributed by atoms with E-state index in [-0.39, 0.29) is 22.3 Å². The summed E-state index contributed by atoms with van der Waals surface area (Å²) < 4.78 is 13.3. The maximum absolute atomic E-state index is 13.3. The lowest BCUT2D eigenvalue weighted by Crippen LogP contribution is -2.08. The molecule has 0 radical (unpaired) electrons. The minimum absolute atomic E-state index is 0.0240. The van der Waals surface area contributed by atoms with Crippen molar-refractivity contribution in [3.05, 3.63) is 80.9 Å². The molecule has 9 heteroatoms. The fourth-order valence-electron chi connectivity index (χ4n) is 2.37. The van der Waals surface area contributed by atoms with E-state index in [1.165, 1.54) is 18.5 Å². The van der Waals surface area contributed by atoms with Gasteiger partial charge in [-0.1, -0.05) is 41.4 Å². The smallest absolute Gasteiger partial charge is 0.353 e. The van der Waals surface area contributed by atoms with Gasteiger partial charge in [-0.25, -0.2) is 14.4 Å². The molecule has 0 aliphatic rings. The molecule has 0 amide bonds. The molecule has 0 bridgehead atoms. The van der Waals surface area contributed by atoms with E-state index < -0.39 is 10.7 Å². The zero-order valence-electron chi connectivity index (χ0n) is 14.2. The Balaban J connectivity index is 1.86. The van der Waals surface area contributed by atoms with Crippen LogP contribution in [0, 0.1) is 22.9 Å². The van der Waals surface area contributed by atoms with Crippen LogP contribution in [-0.4, -0.2) is 14.9 Å². The summed E-state index contributed by atoms with van der Waals surface area (Å²) in [6, 6.07) is 11.7. The molecule has 0 aliphatic carbocycles. The highest BCUT2D eigenvalue weighted by Gasteiger charge is 2.23. The van der Waals surface area contributed by atoms with Crippen LogP contribution in [0.5, 0.6) is 0 Å². The highest BCUT2D eigenvalue weighted by atomic mass is 35.5. The fraction of sp³-hybridized carbons (Fsp3) is 0.111. The highest BCUT2D eigenvalue weighted by molar-refractivity contribution is 6.31. The van der Waals surface area contributed by atoms with Crippen molar-refractivity contribution in [2.75, 3.05) is 10.6 Å². The van der Waals surface area contributed by atoms with Gasteiger partial charge >= 0.3 is 5.69 Å². The molecule has 27 heavy (non-hydrogen) atoms. The second kappa shape index (κ2) is 7.96. The molecule has 0 fully saturated rings. The number of nitrogens with one attached hydrogen (secondary N) is 2.